The predicted octanol–water partition coefficient (Wildman–Crippen LogP) is 2.27. The van der Waals surface area contributed by atoms with E-state index in [4.69, 9.17) is 0 Å². The number of nitrogens with zero attached hydrogens (tertiary/aromatic N) is 1. The Kier molecular flexibility index (Phi) is 3.19. The maximum Gasteiger partial charge on any atom is 0.367 e. The number of esters is 1. The molecule has 1 rings (SSSR count). The molecule has 70 valence electrons. The zero-order valence-corrected chi connectivity index (χ0v) is 8.64. The van der Waals surface area contributed by atoms with Crippen molar-refractivity contribution in [3.8, 4) is 0 Å². The molecule has 0 aromatic carbocycles. The van der Waals surface area contributed by atoms with E-state index >= 15 is 0 Å². The third-order valence-corrected chi connectivity index (χ3v) is 2.48. The Morgan fingerprint density at radius 1 is 1.62 bits per heavy atom. The van der Waals surface area contributed by atoms with Crippen molar-refractivity contribution in [2.45, 2.75) is 13.8 Å². The number of carbonyl (C=O) groups excluding carboxylic acids is 1. The first-order chi connectivity index (χ1) is 6.19. The normalized spacial score (nSPS) is 10.7. The number of thiazole rings is 1. The molecule has 1 heterocycles. The molecule has 0 aliphatic heterocycles. The quantitative estimate of drug-likeness (QED) is 0.683. The number of rotatable bonds is 2. The van der Waals surface area contributed by atoms with Crippen LogP contribution in [0.5, 0.6) is 0 Å². The maximum atomic E-state index is 11.1. The van der Waals surface area contributed by atoms with Crippen LogP contribution in [0.15, 0.2) is 6.08 Å². The highest BCUT2D eigenvalue weighted by Gasteiger charge is 2.12. The van der Waals surface area contributed by atoms with Gasteiger partial charge in [0, 0.05) is 4.88 Å². The van der Waals surface area contributed by atoms with Crippen LogP contribution in [0.4, 0.5) is 0 Å². The highest BCUT2D eigenvalue weighted by molar-refractivity contribution is 7.13. The first-order valence-electron chi connectivity index (χ1n) is 3.87. The van der Waals surface area contributed by atoms with E-state index in [1.807, 2.05) is 26.0 Å². The average molecular weight is 197 g/mol. The molecular weight excluding hydrogens is 186 g/mol. The summed E-state index contributed by atoms with van der Waals surface area (Å²) in [6, 6.07) is 0. The van der Waals surface area contributed by atoms with Gasteiger partial charge in [-0.05, 0) is 19.9 Å². The van der Waals surface area contributed by atoms with Crippen LogP contribution < -0.4 is 0 Å². The van der Waals surface area contributed by atoms with E-state index < -0.39 is 0 Å². The third kappa shape index (κ3) is 2.15. The third-order valence-electron chi connectivity index (χ3n) is 1.52. The Labute approximate surface area is 81.1 Å². The minimum Gasteiger partial charge on any atom is -0.464 e. The average Bonchev–Trinajstić information content (AvgIpc) is 2.47. The summed E-state index contributed by atoms with van der Waals surface area (Å²) < 4.78 is 4.57. The number of hydrogen-bond acceptors (Lipinski definition) is 4. The van der Waals surface area contributed by atoms with E-state index in [2.05, 4.69) is 9.72 Å². The van der Waals surface area contributed by atoms with E-state index in [0.29, 0.717) is 5.01 Å². The van der Waals surface area contributed by atoms with Gasteiger partial charge in [-0.25, -0.2) is 9.78 Å². The summed E-state index contributed by atoms with van der Waals surface area (Å²) in [5.41, 5.74) is 0.841. The van der Waals surface area contributed by atoms with Gasteiger partial charge in [0.1, 0.15) is 0 Å². The molecule has 4 heteroatoms. The van der Waals surface area contributed by atoms with Crippen LogP contribution in [0.2, 0.25) is 0 Å². The van der Waals surface area contributed by atoms with Crippen molar-refractivity contribution in [1.29, 1.82) is 0 Å². The van der Waals surface area contributed by atoms with Gasteiger partial charge in [-0.15, -0.1) is 11.3 Å². The summed E-state index contributed by atoms with van der Waals surface area (Å²) in [6.07, 6.45) is 3.77. The number of carbonyl (C=O) groups is 1. The Morgan fingerprint density at radius 2 is 2.31 bits per heavy atom. The summed E-state index contributed by atoms with van der Waals surface area (Å²) in [7, 11) is 1.36. The van der Waals surface area contributed by atoms with Gasteiger partial charge in [-0.1, -0.05) is 6.08 Å². The van der Waals surface area contributed by atoms with Crippen LogP contribution in [0.1, 0.15) is 27.3 Å². The van der Waals surface area contributed by atoms with Crippen LogP contribution in [-0.4, -0.2) is 18.1 Å². The van der Waals surface area contributed by atoms with Gasteiger partial charge in [0.15, 0.2) is 0 Å². The van der Waals surface area contributed by atoms with Crippen LogP contribution in [0.3, 0.4) is 0 Å². The van der Waals surface area contributed by atoms with Crippen molar-refractivity contribution in [2.75, 3.05) is 7.11 Å². The number of allylic oxidation sites excluding steroid dienone is 1. The molecule has 0 bridgehead atoms. The van der Waals surface area contributed by atoms with Gasteiger partial charge < -0.3 is 4.74 Å². The predicted molar refractivity (Wildman–Crippen MR) is 52.9 cm³/mol. The zero-order valence-electron chi connectivity index (χ0n) is 7.83. The van der Waals surface area contributed by atoms with Crippen molar-refractivity contribution in [2.24, 2.45) is 0 Å². The van der Waals surface area contributed by atoms with E-state index in [1.165, 1.54) is 18.4 Å². The summed E-state index contributed by atoms with van der Waals surface area (Å²) in [6.45, 7) is 3.84. The maximum absolute atomic E-state index is 11.1. The fraction of sp³-hybridized carbons (Fsp3) is 0.333. The van der Waals surface area contributed by atoms with E-state index in [-0.39, 0.29) is 5.97 Å². The van der Waals surface area contributed by atoms with E-state index in [0.717, 1.165) is 10.6 Å². The molecule has 0 radical (unpaired) electrons. The molecule has 1 aromatic rings. The first kappa shape index (κ1) is 9.92. The lowest BCUT2D eigenvalue weighted by Crippen LogP contribution is -1.99. The number of methoxy groups -OCH3 is 1. The molecule has 0 unspecified atom stereocenters. The van der Waals surface area contributed by atoms with E-state index in [1.54, 1.807) is 0 Å². The number of aromatic nitrogens is 1. The minimum absolute atomic E-state index is 0.371. The second-order valence-corrected chi connectivity index (χ2v) is 3.66. The molecule has 0 amide bonds. The van der Waals surface area contributed by atoms with Gasteiger partial charge in [0.2, 0.25) is 5.01 Å². The molecule has 0 fully saturated rings. The molecule has 0 atom stereocenters. The molecule has 0 saturated carbocycles. The lowest BCUT2D eigenvalue weighted by atomic mass is 10.3. The van der Waals surface area contributed by atoms with Gasteiger partial charge in [0.05, 0.1) is 12.8 Å². The van der Waals surface area contributed by atoms with Crippen molar-refractivity contribution in [3.63, 3.8) is 0 Å². The van der Waals surface area contributed by atoms with Gasteiger partial charge in [-0.3, -0.25) is 0 Å². The molecule has 0 aliphatic rings. The Bertz CT molecular complexity index is 341. The summed E-state index contributed by atoms with van der Waals surface area (Å²) in [5, 5.41) is 0.410. The second kappa shape index (κ2) is 4.18. The fourth-order valence-electron chi connectivity index (χ4n) is 0.895. The van der Waals surface area contributed by atoms with Crippen LogP contribution in [-0.2, 0) is 4.74 Å². The Morgan fingerprint density at radius 3 is 2.85 bits per heavy atom. The summed E-state index contributed by atoms with van der Waals surface area (Å²) in [5.74, 6) is -0.371. The SMILES string of the molecule is C/C=C\c1nc(C(=O)OC)sc1C. The molecule has 1 aromatic heterocycles. The van der Waals surface area contributed by atoms with Gasteiger partial charge in [-0.2, -0.15) is 0 Å². The highest BCUT2D eigenvalue weighted by Crippen LogP contribution is 2.19. The number of ether oxygens (including phenoxy) is 1. The standard InChI is InChI=1S/C9H11NO2S/c1-4-5-7-6(2)13-8(10-7)9(11)12-3/h4-5H,1-3H3/b5-4-. The zero-order chi connectivity index (χ0) is 9.84. The summed E-state index contributed by atoms with van der Waals surface area (Å²) in [4.78, 5) is 16.2. The molecule has 0 saturated heterocycles. The van der Waals surface area contributed by atoms with Crippen LogP contribution >= 0.6 is 11.3 Å². The topological polar surface area (TPSA) is 39.2 Å². The molecule has 13 heavy (non-hydrogen) atoms. The highest BCUT2D eigenvalue weighted by atomic mass is 32.1. The number of hydrogen-bond donors (Lipinski definition) is 0. The lowest BCUT2D eigenvalue weighted by Gasteiger charge is -1.89. The lowest BCUT2D eigenvalue weighted by molar-refractivity contribution is 0.0600. The smallest absolute Gasteiger partial charge is 0.367 e. The van der Waals surface area contributed by atoms with Crippen molar-refractivity contribution < 1.29 is 9.53 Å². The summed E-state index contributed by atoms with van der Waals surface area (Å²) >= 11 is 1.35. The second-order valence-electron chi connectivity index (χ2n) is 2.45. The fourth-order valence-corrected chi connectivity index (χ4v) is 1.71. The van der Waals surface area contributed by atoms with Crippen molar-refractivity contribution >= 4 is 23.4 Å². The largest absolute Gasteiger partial charge is 0.464 e. The van der Waals surface area contributed by atoms with E-state index in [9.17, 15) is 4.79 Å². The molecule has 3 nitrogen and oxygen atoms in total. The van der Waals surface area contributed by atoms with Crippen molar-refractivity contribution in [3.05, 3.63) is 21.7 Å². The van der Waals surface area contributed by atoms with Gasteiger partial charge in [0.25, 0.3) is 0 Å². The van der Waals surface area contributed by atoms with Crippen molar-refractivity contribution in [1.82, 2.24) is 4.98 Å². The number of aryl methyl sites for hydroxylation is 1. The minimum atomic E-state index is -0.371. The monoisotopic (exact) mass is 197 g/mol. The van der Waals surface area contributed by atoms with Gasteiger partial charge >= 0.3 is 5.97 Å². The molecular formula is C9H11NO2S. The van der Waals surface area contributed by atoms with Crippen LogP contribution in [0, 0.1) is 6.92 Å². The van der Waals surface area contributed by atoms with Crippen LogP contribution in [0.25, 0.3) is 6.08 Å². The molecule has 0 spiro atoms. The Hall–Kier alpha value is -1.16. The molecule has 0 aliphatic carbocycles. The molecule has 0 N–H and O–H groups in total. The Balaban J connectivity index is 3.01. The first-order valence-corrected chi connectivity index (χ1v) is 4.69.